The Morgan fingerprint density at radius 2 is 1.71 bits per heavy atom. The van der Waals surface area contributed by atoms with Crippen molar-refractivity contribution >= 4 is 23.5 Å². The summed E-state index contributed by atoms with van der Waals surface area (Å²) < 4.78 is 0. The topological polar surface area (TPSA) is 53.9 Å². The highest BCUT2D eigenvalue weighted by Crippen LogP contribution is 2.49. The number of rotatable bonds is 6. The molecule has 4 rings (SSSR count). The number of aromatic nitrogens is 3. The lowest BCUT2D eigenvalue weighted by Gasteiger charge is -2.18. The van der Waals surface area contributed by atoms with Gasteiger partial charge in [-0.3, -0.25) is 0 Å². The first-order valence-corrected chi connectivity index (χ1v) is 8.58. The van der Waals surface area contributed by atoms with E-state index in [1.807, 2.05) is 0 Å². The molecular formula is C15H22ClN5. The van der Waals surface area contributed by atoms with Crippen LogP contribution in [0.15, 0.2) is 0 Å². The fourth-order valence-electron chi connectivity index (χ4n) is 3.45. The van der Waals surface area contributed by atoms with Gasteiger partial charge >= 0.3 is 0 Å². The van der Waals surface area contributed by atoms with Crippen LogP contribution in [-0.2, 0) is 0 Å². The molecule has 1 aromatic heterocycles. The normalized spacial score (nSPS) is 22.1. The Labute approximate surface area is 130 Å². The van der Waals surface area contributed by atoms with Gasteiger partial charge in [-0.2, -0.15) is 15.0 Å². The van der Waals surface area contributed by atoms with Gasteiger partial charge in [-0.1, -0.05) is 0 Å². The highest BCUT2D eigenvalue weighted by molar-refractivity contribution is 6.28. The molecule has 0 bridgehead atoms. The van der Waals surface area contributed by atoms with E-state index in [1.165, 1.54) is 38.5 Å². The predicted octanol–water partition coefficient (Wildman–Crippen LogP) is 2.97. The number of halogens is 1. The lowest BCUT2D eigenvalue weighted by Crippen LogP contribution is -2.23. The number of anilines is 2. The molecule has 2 aliphatic carbocycles. The van der Waals surface area contributed by atoms with Gasteiger partial charge in [0.1, 0.15) is 0 Å². The summed E-state index contributed by atoms with van der Waals surface area (Å²) in [4.78, 5) is 15.3. The third-order valence-corrected chi connectivity index (χ3v) is 5.11. The molecule has 1 saturated heterocycles. The minimum atomic E-state index is 0.295. The standard InChI is InChI=1S/C15H22ClN5/c16-13-18-14(20-15(19-13)21-7-1-2-8-21)17-9-12(10-3-4-10)11-5-6-11/h10-12H,1-9H2,(H,17,18,19,20). The first-order chi connectivity index (χ1) is 10.3. The zero-order chi connectivity index (χ0) is 14.2. The molecule has 1 aliphatic heterocycles. The molecule has 0 spiro atoms. The van der Waals surface area contributed by atoms with Gasteiger partial charge in [-0.25, -0.2) is 0 Å². The van der Waals surface area contributed by atoms with E-state index in [2.05, 4.69) is 25.2 Å². The van der Waals surface area contributed by atoms with E-state index in [9.17, 15) is 0 Å². The van der Waals surface area contributed by atoms with Gasteiger partial charge in [0.25, 0.3) is 0 Å². The van der Waals surface area contributed by atoms with Crippen molar-refractivity contribution in [1.82, 2.24) is 15.0 Å². The van der Waals surface area contributed by atoms with E-state index in [0.717, 1.165) is 43.3 Å². The van der Waals surface area contributed by atoms with Crippen molar-refractivity contribution < 1.29 is 0 Å². The third kappa shape index (κ3) is 3.23. The third-order valence-electron chi connectivity index (χ3n) is 4.94. The van der Waals surface area contributed by atoms with E-state index in [0.29, 0.717) is 11.2 Å². The Kier molecular flexibility index (Phi) is 3.61. The first-order valence-electron chi connectivity index (χ1n) is 8.20. The van der Waals surface area contributed by atoms with E-state index < -0.39 is 0 Å². The van der Waals surface area contributed by atoms with Gasteiger partial charge < -0.3 is 10.2 Å². The Bertz CT molecular complexity index is 497. The van der Waals surface area contributed by atoms with Crippen LogP contribution < -0.4 is 10.2 Å². The van der Waals surface area contributed by atoms with Crippen LogP contribution in [0.1, 0.15) is 38.5 Å². The molecule has 0 radical (unpaired) electrons. The van der Waals surface area contributed by atoms with Gasteiger partial charge in [0.15, 0.2) is 0 Å². The molecule has 1 aromatic rings. The molecule has 3 fully saturated rings. The summed E-state index contributed by atoms with van der Waals surface area (Å²) in [6, 6.07) is 0. The smallest absolute Gasteiger partial charge is 0.231 e. The average molecular weight is 308 g/mol. The van der Waals surface area contributed by atoms with Gasteiger partial charge in [0.05, 0.1) is 0 Å². The maximum Gasteiger partial charge on any atom is 0.231 e. The second-order valence-corrected chi connectivity index (χ2v) is 6.98. The van der Waals surface area contributed by atoms with E-state index in [4.69, 9.17) is 11.6 Å². The highest BCUT2D eigenvalue weighted by Gasteiger charge is 2.41. The van der Waals surface area contributed by atoms with Crippen molar-refractivity contribution in [3.8, 4) is 0 Å². The van der Waals surface area contributed by atoms with Gasteiger partial charge in [0, 0.05) is 19.6 Å². The number of nitrogens with one attached hydrogen (secondary N) is 1. The van der Waals surface area contributed by atoms with Gasteiger partial charge in [-0.05, 0) is 67.9 Å². The Morgan fingerprint density at radius 3 is 2.33 bits per heavy atom. The zero-order valence-electron chi connectivity index (χ0n) is 12.3. The van der Waals surface area contributed by atoms with E-state index in [1.54, 1.807) is 0 Å². The zero-order valence-corrected chi connectivity index (χ0v) is 13.0. The second-order valence-electron chi connectivity index (χ2n) is 6.64. The molecule has 0 amide bonds. The molecule has 2 saturated carbocycles. The van der Waals surface area contributed by atoms with Crippen LogP contribution in [0.2, 0.25) is 5.28 Å². The average Bonchev–Trinajstić information content (AvgIpc) is 3.40. The quantitative estimate of drug-likeness (QED) is 0.875. The maximum atomic E-state index is 6.06. The molecule has 6 heteroatoms. The lowest BCUT2D eigenvalue weighted by atomic mass is 9.98. The molecule has 114 valence electrons. The van der Waals surface area contributed by atoms with Crippen LogP contribution in [0, 0.1) is 17.8 Å². The molecule has 0 unspecified atom stereocenters. The van der Waals surface area contributed by atoms with Crippen molar-refractivity contribution in [2.24, 2.45) is 17.8 Å². The molecular weight excluding hydrogens is 286 g/mol. The van der Waals surface area contributed by atoms with Gasteiger partial charge in [-0.15, -0.1) is 0 Å². The first kappa shape index (κ1) is 13.6. The predicted molar refractivity (Wildman–Crippen MR) is 83.7 cm³/mol. The number of nitrogens with zero attached hydrogens (tertiary/aromatic N) is 4. The molecule has 2 heterocycles. The van der Waals surface area contributed by atoms with Crippen LogP contribution in [0.5, 0.6) is 0 Å². The summed E-state index contributed by atoms with van der Waals surface area (Å²) in [6.45, 7) is 3.02. The van der Waals surface area contributed by atoms with Gasteiger partial charge in [0.2, 0.25) is 17.2 Å². The minimum Gasteiger partial charge on any atom is -0.354 e. The summed E-state index contributed by atoms with van der Waals surface area (Å²) >= 11 is 6.06. The van der Waals surface area contributed by atoms with E-state index in [-0.39, 0.29) is 0 Å². The molecule has 21 heavy (non-hydrogen) atoms. The summed E-state index contributed by atoms with van der Waals surface area (Å²) in [5.74, 6) is 4.03. The van der Waals surface area contributed by atoms with Crippen LogP contribution in [0.4, 0.5) is 11.9 Å². The van der Waals surface area contributed by atoms with Crippen LogP contribution >= 0.6 is 11.6 Å². The fourth-order valence-corrected chi connectivity index (χ4v) is 3.61. The van der Waals surface area contributed by atoms with Crippen molar-refractivity contribution in [2.75, 3.05) is 29.9 Å². The van der Waals surface area contributed by atoms with Crippen molar-refractivity contribution in [1.29, 1.82) is 0 Å². The molecule has 3 aliphatic rings. The van der Waals surface area contributed by atoms with Crippen LogP contribution in [0.25, 0.3) is 0 Å². The van der Waals surface area contributed by atoms with Crippen molar-refractivity contribution in [3.05, 3.63) is 5.28 Å². The van der Waals surface area contributed by atoms with E-state index >= 15 is 0 Å². The number of hydrogen-bond acceptors (Lipinski definition) is 5. The molecule has 1 N–H and O–H groups in total. The summed E-state index contributed by atoms with van der Waals surface area (Å²) in [6.07, 6.45) is 8.02. The Morgan fingerprint density at radius 1 is 1.05 bits per heavy atom. The molecule has 0 atom stereocenters. The lowest BCUT2D eigenvalue weighted by molar-refractivity contribution is 0.427. The fraction of sp³-hybridized carbons (Fsp3) is 0.800. The SMILES string of the molecule is Clc1nc(NCC(C2CC2)C2CC2)nc(N2CCCC2)n1. The van der Waals surface area contributed by atoms with Crippen molar-refractivity contribution in [2.45, 2.75) is 38.5 Å². The van der Waals surface area contributed by atoms with Crippen molar-refractivity contribution in [3.63, 3.8) is 0 Å². The summed E-state index contributed by atoms with van der Waals surface area (Å²) in [7, 11) is 0. The largest absolute Gasteiger partial charge is 0.354 e. The Balaban J connectivity index is 1.43. The highest BCUT2D eigenvalue weighted by atomic mass is 35.5. The monoisotopic (exact) mass is 307 g/mol. The van der Waals surface area contributed by atoms with Crippen LogP contribution in [0.3, 0.4) is 0 Å². The number of hydrogen-bond donors (Lipinski definition) is 1. The summed E-state index contributed by atoms with van der Waals surface area (Å²) in [5.41, 5.74) is 0. The molecule has 0 aromatic carbocycles. The van der Waals surface area contributed by atoms with Crippen LogP contribution in [-0.4, -0.2) is 34.6 Å². The molecule has 5 nitrogen and oxygen atoms in total. The second kappa shape index (κ2) is 5.59. The summed E-state index contributed by atoms with van der Waals surface area (Å²) in [5, 5.41) is 3.71. The minimum absolute atomic E-state index is 0.295. The maximum absolute atomic E-state index is 6.06. The Hall–Kier alpha value is -1.10.